The number of hydrogen-bond donors (Lipinski definition) is 1. The van der Waals surface area contributed by atoms with Gasteiger partial charge in [-0.2, -0.15) is 5.10 Å². The maximum absolute atomic E-state index is 13.5. The normalized spacial score (nSPS) is 10.9. The summed E-state index contributed by atoms with van der Waals surface area (Å²) in [5.74, 6) is 0.261. The van der Waals surface area contributed by atoms with Crippen LogP contribution in [0.2, 0.25) is 0 Å². The smallest absolute Gasteiger partial charge is 0.236 e. The molecule has 4 aromatic rings. The number of rotatable bonds is 6. The number of halogens is 1. The minimum atomic E-state index is -0.324. The van der Waals surface area contributed by atoms with E-state index >= 15 is 0 Å². The summed E-state index contributed by atoms with van der Waals surface area (Å²) in [5.41, 5.74) is 3.49. The Hall–Kier alpha value is -3.39. The lowest BCUT2D eigenvalue weighted by Crippen LogP contribution is -2.17. The zero-order valence-corrected chi connectivity index (χ0v) is 17.4. The van der Waals surface area contributed by atoms with Gasteiger partial charge in [-0.25, -0.2) is 14.1 Å². The van der Waals surface area contributed by atoms with Crippen molar-refractivity contribution in [1.82, 2.24) is 19.3 Å². The highest BCUT2D eigenvalue weighted by Gasteiger charge is 2.13. The Labute approximate surface area is 177 Å². The van der Waals surface area contributed by atoms with Crippen molar-refractivity contribution in [1.29, 1.82) is 0 Å². The van der Waals surface area contributed by atoms with Crippen molar-refractivity contribution in [3.63, 3.8) is 0 Å². The molecule has 8 heteroatoms. The molecule has 2 aromatic heterocycles. The lowest BCUT2D eigenvalue weighted by Gasteiger charge is -2.10. The second-order valence-electron chi connectivity index (χ2n) is 6.81. The van der Waals surface area contributed by atoms with Gasteiger partial charge in [-0.1, -0.05) is 35.5 Å². The minimum Gasteiger partial charge on any atom is -0.310 e. The van der Waals surface area contributed by atoms with Crippen LogP contribution in [0.4, 0.5) is 10.2 Å². The van der Waals surface area contributed by atoms with Crippen molar-refractivity contribution in [2.24, 2.45) is 0 Å². The van der Waals surface area contributed by atoms with Crippen LogP contribution in [-0.2, 0) is 4.79 Å². The summed E-state index contributed by atoms with van der Waals surface area (Å²) < 4.78 is 17.0. The summed E-state index contributed by atoms with van der Waals surface area (Å²) in [4.78, 5) is 16.9. The molecule has 0 aliphatic rings. The zero-order chi connectivity index (χ0) is 21.1. The largest absolute Gasteiger partial charge is 0.310 e. The van der Waals surface area contributed by atoms with Crippen LogP contribution in [0.3, 0.4) is 0 Å². The van der Waals surface area contributed by atoms with E-state index in [1.807, 2.05) is 44.2 Å². The first kappa shape index (κ1) is 19.9. The van der Waals surface area contributed by atoms with Crippen LogP contribution in [-0.4, -0.2) is 31.0 Å². The lowest BCUT2D eigenvalue weighted by molar-refractivity contribution is -0.113. The SMILES string of the molecule is Cc1ccc(-n2nc(C)cc2NC(=O)CSc2nccn2-c2cccc(F)c2)cc1. The first-order valence-electron chi connectivity index (χ1n) is 9.35. The second-order valence-corrected chi connectivity index (χ2v) is 7.76. The van der Waals surface area contributed by atoms with Gasteiger partial charge >= 0.3 is 0 Å². The van der Waals surface area contributed by atoms with Crippen molar-refractivity contribution in [2.45, 2.75) is 19.0 Å². The van der Waals surface area contributed by atoms with Crippen LogP contribution < -0.4 is 5.32 Å². The molecule has 0 saturated heterocycles. The molecule has 0 spiro atoms. The molecular formula is C22H20FN5OS. The van der Waals surface area contributed by atoms with E-state index in [2.05, 4.69) is 15.4 Å². The van der Waals surface area contributed by atoms with Gasteiger partial charge in [0.2, 0.25) is 5.91 Å². The van der Waals surface area contributed by atoms with Gasteiger partial charge in [0.15, 0.2) is 5.16 Å². The molecule has 6 nitrogen and oxygen atoms in total. The second kappa shape index (κ2) is 8.54. The summed E-state index contributed by atoms with van der Waals surface area (Å²) >= 11 is 1.28. The molecule has 1 amide bonds. The Bertz CT molecular complexity index is 1180. The first-order chi connectivity index (χ1) is 14.5. The van der Waals surface area contributed by atoms with Crippen LogP contribution >= 0.6 is 11.8 Å². The number of imidazole rings is 1. The van der Waals surface area contributed by atoms with Crippen molar-refractivity contribution in [2.75, 3.05) is 11.1 Å². The van der Waals surface area contributed by atoms with Gasteiger partial charge in [0, 0.05) is 18.5 Å². The monoisotopic (exact) mass is 421 g/mol. The third-order valence-corrected chi connectivity index (χ3v) is 5.37. The summed E-state index contributed by atoms with van der Waals surface area (Å²) in [5, 5.41) is 8.01. The van der Waals surface area contributed by atoms with Crippen LogP contribution in [0.5, 0.6) is 0 Å². The molecule has 0 aliphatic heterocycles. The fraction of sp³-hybridized carbons (Fsp3) is 0.136. The predicted octanol–water partition coefficient (Wildman–Crippen LogP) is 4.54. The molecular weight excluding hydrogens is 401 g/mol. The van der Waals surface area contributed by atoms with Gasteiger partial charge in [0.05, 0.1) is 22.8 Å². The minimum absolute atomic E-state index is 0.157. The standard InChI is InChI=1S/C22H20FN5OS/c1-15-6-8-18(9-7-15)28-20(12-16(2)26-28)25-21(29)14-30-22-24-10-11-27(22)19-5-3-4-17(23)13-19/h3-13H,14H2,1-2H3,(H,25,29). The van der Waals surface area contributed by atoms with E-state index in [0.717, 1.165) is 16.9 Å². The quantitative estimate of drug-likeness (QED) is 0.464. The summed E-state index contributed by atoms with van der Waals surface area (Å²) in [7, 11) is 0. The van der Waals surface area contributed by atoms with Gasteiger partial charge in [0.1, 0.15) is 11.6 Å². The highest BCUT2D eigenvalue weighted by atomic mass is 32.2. The van der Waals surface area contributed by atoms with Gasteiger partial charge in [0.25, 0.3) is 0 Å². The molecule has 0 radical (unpaired) electrons. The van der Waals surface area contributed by atoms with Crippen molar-refractivity contribution < 1.29 is 9.18 Å². The number of anilines is 1. The Balaban J connectivity index is 1.46. The van der Waals surface area contributed by atoms with E-state index < -0.39 is 0 Å². The Morgan fingerprint density at radius 2 is 1.90 bits per heavy atom. The third-order valence-electron chi connectivity index (χ3n) is 4.40. The number of nitrogens with zero attached hydrogens (tertiary/aromatic N) is 4. The van der Waals surface area contributed by atoms with Crippen molar-refractivity contribution in [3.8, 4) is 11.4 Å². The van der Waals surface area contributed by atoms with E-state index in [-0.39, 0.29) is 17.5 Å². The number of hydrogen-bond acceptors (Lipinski definition) is 4. The molecule has 0 unspecified atom stereocenters. The predicted molar refractivity (Wildman–Crippen MR) is 116 cm³/mol. The van der Waals surface area contributed by atoms with Gasteiger partial charge in [-0.15, -0.1) is 0 Å². The fourth-order valence-corrected chi connectivity index (χ4v) is 3.77. The number of aromatic nitrogens is 4. The molecule has 0 saturated carbocycles. The number of thioether (sulfide) groups is 1. The number of amides is 1. The lowest BCUT2D eigenvalue weighted by atomic mass is 10.2. The number of aryl methyl sites for hydroxylation is 2. The molecule has 4 rings (SSSR count). The molecule has 0 atom stereocenters. The van der Waals surface area contributed by atoms with E-state index in [0.29, 0.717) is 16.7 Å². The van der Waals surface area contributed by atoms with Crippen LogP contribution in [0.1, 0.15) is 11.3 Å². The zero-order valence-electron chi connectivity index (χ0n) is 16.5. The molecule has 2 heterocycles. The molecule has 30 heavy (non-hydrogen) atoms. The maximum atomic E-state index is 13.5. The van der Waals surface area contributed by atoms with Crippen molar-refractivity contribution >= 4 is 23.5 Å². The Morgan fingerprint density at radius 1 is 1.10 bits per heavy atom. The number of benzene rings is 2. The molecule has 152 valence electrons. The van der Waals surface area contributed by atoms with Gasteiger partial charge < -0.3 is 5.32 Å². The summed E-state index contributed by atoms with van der Waals surface area (Å²) in [6.07, 6.45) is 3.37. The number of carbonyl (C=O) groups is 1. The molecule has 1 N–H and O–H groups in total. The highest BCUT2D eigenvalue weighted by molar-refractivity contribution is 7.99. The first-order valence-corrected chi connectivity index (χ1v) is 10.3. The third kappa shape index (κ3) is 4.44. The van der Waals surface area contributed by atoms with Crippen LogP contribution in [0.25, 0.3) is 11.4 Å². The topological polar surface area (TPSA) is 64.7 Å². The summed E-state index contributed by atoms with van der Waals surface area (Å²) in [6, 6.07) is 16.0. The molecule has 0 bridgehead atoms. The van der Waals surface area contributed by atoms with Gasteiger partial charge in [-0.3, -0.25) is 9.36 Å². The van der Waals surface area contributed by atoms with Crippen LogP contribution in [0, 0.1) is 19.7 Å². The van der Waals surface area contributed by atoms with E-state index in [4.69, 9.17) is 0 Å². The van der Waals surface area contributed by atoms with Crippen molar-refractivity contribution in [3.05, 3.63) is 84.1 Å². The molecule has 2 aromatic carbocycles. The number of carbonyl (C=O) groups excluding carboxylic acids is 1. The molecule has 0 fully saturated rings. The Morgan fingerprint density at radius 3 is 2.67 bits per heavy atom. The fourth-order valence-electron chi connectivity index (χ4n) is 3.00. The summed E-state index contributed by atoms with van der Waals surface area (Å²) in [6.45, 7) is 3.90. The van der Waals surface area contributed by atoms with E-state index in [1.165, 1.54) is 23.9 Å². The van der Waals surface area contributed by atoms with E-state index in [1.54, 1.807) is 33.8 Å². The maximum Gasteiger partial charge on any atom is 0.236 e. The average Bonchev–Trinajstić information content (AvgIpc) is 3.33. The van der Waals surface area contributed by atoms with E-state index in [9.17, 15) is 9.18 Å². The van der Waals surface area contributed by atoms with Gasteiger partial charge in [-0.05, 0) is 44.2 Å². The highest BCUT2D eigenvalue weighted by Crippen LogP contribution is 2.22. The molecule has 0 aliphatic carbocycles. The Kier molecular flexibility index (Phi) is 5.67. The number of nitrogens with one attached hydrogen (secondary N) is 1. The van der Waals surface area contributed by atoms with Crippen LogP contribution in [0.15, 0.2) is 72.1 Å². The average molecular weight is 422 g/mol.